The SMILES string of the molecule is Cc1c(Cl)ccc(C(O)=C(C#N)C(=O)O)c1Cl. The van der Waals surface area contributed by atoms with Crippen molar-refractivity contribution in [1.29, 1.82) is 5.26 Å². The molecule has 1 aromatic carbocycles. The molecule has 1 rings (SSSR count). The van der Waals surface area contributed by atoms with E-state index in [9.17, 15) is 9.90 Å². The van der Waals surface area contributed by atoms with Gasteiger partial charge in [0.2, 0.25) is 0 Å². The number of carboxylic acids is 1. The Kier molecular flexibility index (Phi) is 4.00. The lowest BCUT2D eigenvalue weighted by atomic mass is 10.1. The van der Waals surface area contributed by atoms with Gasteiger partial charge in [-0.15, -0.1) is 0 Å². The highest BCUT2D eigenvalue weighted by Crippen LogP contribution is 2.31. The number of nitriles is 1. The van der Waals surface area contributed by atoms with Crippen molar-refractivity contribution in [3.05, 3.63) is 38.9 Å². The van der Waals surface area contributed by atoms with E-state index in [-0.39, 0.29) is 10.6 Å². The van der Waals surface area contributed by atoms with Crippen molar-refractivity contribution in [2.75, 3.05) is 0 Å². The second kappa shape index (κ2) is 5.09. The van der Waals surface area contributed by atoms with Crippen molar-refractivity contribution < 1.29 is 15.0 Å². The van der Waals surface area contributed by atoms with Crippen LogP contribution in [0.15, 0.2) is 17.7 Å². The molecule has 0 aliphatic carbocycles. The molecule has 0 unspecified atom stereocenters. The average molecular weight is 272 g/mol. The summed E-state index contributed by atoms with van der Waals surface area (Å²) in [4.78, 5) is 10.7. The van der Waals surface area contributed by atoms with Crippen LogP contribution in [-0.2, 0) is 4.79 Å². The summed E-state index contributed by atoms with van der Waals surface area (Å²) in [7, 11) is 0. The van der Waals surface area contributed by atoms with E-state index < -0.39 is 17.3 Å². The second-order valence-corrected chi connectivity index (χ2v) is 3.96. The van der Waals surface area contributed by atoms with Crippen molar-refractivity contribution in [1.82, 2.24) is 0 Å². The normalized spacial score (nSPS) is 11.6. The van der Waals surface area contributed by atoms with Gasteiger partial charge in [-0.2, -0.15) is 5.26 Å². The van der Waals surface area contributed by atoms with Gasteiger partial charge < -0.3 is 10.2 Å². The molecule has 17 heavy (non-hydrogen) atoms. The highest BCUT2D eigenvalue weighted by Gasteiger charge is 2.18. The van der Waals surface area contributed by atoms with Crippen LogP contribution in [0.2, 0.25) is 10.0 Å². The number of aliphatic hydroxyl groups is 1. The van der Waals surface area contributed by atoms with Gasteiger partial charge in [0.25, 0.3) is 0 Å². The molecule has 0 radical (unpaired) electrons. The zero-order valence-electron chi connectivity index (χ0n) is 8.66. The molecule has 1 aromatic rings. The minimum absolute atomic E-state index is 0.0625. The molecule has 0 saturated carbocycles. The maximum atomic E-state index is 10.7. The summed E-state index contributed by atoms with van der Waals surface area (Å²) in [5.41, 5.74) is -0.207. The van der Waals surface area contributed by atoms with E-state index in [0.29, 0.717) is 10.6 Å². The summed E-state index contributed by atoms with van der Waals surface area (Å²) in [6.45, 7) is 1.62. The number of rotatable bonds is 2. The van der Waals surface area contributed by atoms with Gasteiger partial charge in [0.1, 0.15) is 11.8 Å². The first kappa shape index (κ1) is 13.4. The summed E-state index contributed by atoms with van der Waals surface area (Å²) >= 11 is 11.7. The maximum absolute atomic E-state index is 10.7. The Bertz CT molecular complexity index is 559. The van der Waals surface area contributed by atoms with Crippen molar-refractivity contribution in [3.63, 3.8) is 0 Å². The van der Waals surface area contributed by atoms with Crippen molar-refractivity contribution in [3.8, 4) is 6.07 Å². The molecule has 6 heteroatoms. The van der Waals surface area contributed by atoms with Crippen LogP contribution in [0.3, 0.4) is 0 Å². The minimum Gasteiger partial charge on any atom is -0.506 e. The largest absolute Gasteiger partial charge is 0.506 e. The average Bonchev–Trinajstić information content (AvgIpc) is 2.26. The number of hydrogen-bond donors (Lipinski definition) is 2. The van der Waals surface area contributed by atoms with E-state index in [1.165, 1.54) is 18.2 Å². The first-order chi connectivity index (χ1) is 7.90. The van der Waals surface area contributed by atoms with Crippen molar-refractivity contribution in [2.45, 2.75) is 6.92 Å². The van der Waals surface area contributed by atoms with Gasteiger partial charge in [-0.25, -0.2) is 4.79 Å². The molecule has 0 aliphatic rings. The summed E-state index contributed by atoms with van der Waals surface area (Å²) in [5, 5.41) is 27.5. The highest BCUT2D eigenvalue weighted by molar-refractivity contribution is 6.37. The topological polar surface area (TPSA) is 81.3 Å². The molecule has 88 valence electrons. The van der Waals surface area contributed by atoms with Crippen molar-refractivity contribution in [2.24, 2.45) is 0 Å². The first-order valence-electron chi connectivity index (χ1n) is 4.41. The molecule has 0 aromatic heterocycles. The van der Waals surface area contributed by atoms with E-state index in [1.54, 1.807) is 6.92 Å². The number of benzene rings is 1. The Labute approximate surface area is 107 Å². The number of halogens is 2. The second-order valence-electron chi connectivity index (χ2n) is 3.17. The van der Waals surface area contributed by atoms with E-state index in [4.69, 9.17) is 33.6 Å². The van der Waals surface area contributed by atoms with E-state index in [0.717, 1.165) is 0 Å². The van der Waals surface area contributed by atoms with Crippen LogP contribution in [0, 0.1) is 18.3 Å². The van der Waals surface area contributed by atoms with Gasteiger partial charge in [-0.1, -0.05) is 23.2 Å². The van der Waals surface area contributed by atoms with Gasteiger partial charge >= 0.3 is 5.97 Å². The Balaban J connectivity index is 3.51. The lowest BCUT2D eigenvalue weighted by Gasteiger charge is -2.08. The molecule has 0 atom stereocenters. The summed E-state index contributed by atoms with van der Waals surface area (Å²) in [5.74, 6) is -2.20. The van der Waals surface area contributed by atoms with Gasteiger partial charge in [0.15, 0.2) is 5.57 Å². The molecule has 0 fully saturated rings. The molecular formula is C11H7Cl2NO3. The highest BCUT2D eigenvalue weighted by atomic mass is 35.5. The quantitative estimate of drug-likeness (QED) is 0.492. The molecule has 0 spiro atoms. The van der Waals surface area contributed by atoms with Crippen LogP contribution in [0.4, 0.5) is 0 Å². The molecular weight excluding hydrogens is 265 g/mol. The van der Waals surface area contributed by atoms with Gasteiger partial charge in [-0.3, -0.25) is 0 Å². The summed E-state index contributed by atoms with van der Waals surface area (Å²) in [6.07, 6.45) is 0. The fourth-order valence-electron chi connectivity index (χ4n) is 1.18. The number of carbonyl (C=O) groups is 1. The lowest BCUT2D eigenvalue weighted by Crippen LogP contribution is -2.03. The molecule has 0 aliphatic heterocycles. The maximum Gasteiger partial charge on any atom is 0.350 e. The monoisotopic (exact) mass is 271 g/mol. The minimum atomic E-state index is -1.52. The smallest absolute Gasteiger partial charge is 0.350 e. The third-order valence-corrected chi connectivity index (χ3v) is 3.03. The number of aliphatic carboxylic acids is 1. The molecule has 2 N–H and O–H groups in total. The van der Waals surface area contributed by atoms with Crippen LogP contribution in [-0.4, -0.2) is 16.2 Å². The standard InChI is InChI=1S/C11H7Cl2NO3/c1-5-8(12)3-2-6(9(5)13)10(15)7(4-14)11(16)17/h2-3,15H,1H3,(H,16,17). The Morgan fingerprint density at radius 3 is 2.41 bits per heavy atom. The summed E-state index contributed by atoms with van der Waals surface area (Å²) in [6, 6.07) is 4.22. The predicted molar refractivity (Wildman–Crippen MR) is 64.0 cm³/mol. The molecule has 0 amide bonds. The van der Waals surface area contributed by atoms with Crippen LogP contribution in [0.25, 0.3) is 5.76 Å². The number of aliphatic hydroxyl groups excluding tert-OH is 1. The van der Waals surface area contributed by atoms with Gasteiger partial charge in [0.05, 0.1) is 5.02 Å². The molecule has 0 saturated heterocycles. The van der Waals surface area contributed by atoms with E-state index >= 15 is 0 Å². The van der Waals surface area contributed by atoms with Crippen LogP contribution >= 0.6 is 23.2 Å². The Morgan fingerprint density at radius 2 is 1.94 bits per heavy atom. The van der Waals surface area contributed by atoms with E-state index in [2.05, 4.69) is 0 Å². The third-order valence-electron chi connectivity index (χ3n) is 2.14. The van der Waals surface area contributed by atoms with Gasteiger partial charge in [0, 0.05) is 10.6 Å². The number of hydrogen-bond acceptors (Lipinski definition) is 3. The predicted octanol–water partition coefficient (Wildman–Crippen LogP) is 3.18. The number of carboxylic acid groups (broad SMARTS) is 1. The molecule has 0 heterocycles. The van der Waals surface area contributed by atoms with Crippen molar-refractivity contribution >= 4 is 34.9 Å². The lowest BCUT2D eigenvalue weighted by molar-refractivity contribution is -0.132. The third kappa shape index (κ3) is 2.52. The molecule has 0 bridgehead atoms. The van der Waals surface area contributed by atoms with Crippen LogP contribution in [0.5, 0.6) is 0 Å². The Morgan fingerprint density at radius 1 is 1.35 bits per heavy atom. The zero-order valence-corrected chi connectivity index (χ0v) is 10.2. The zero-order chi connectivity index (χ0) is 13.2. The molecule has 4 nitrogen and oxygen atoms in total. The van der Waals surface area contributed by atoms with Crippen LogP contribution < -0.4 is 0 Å². The number of nitrogens with zero attached hydrogens (tertiary/aromatic N) is 1. The summed E-state index contributed by atoms with van der Waals surface area (Å²) < 4.78 is 0. The van der Waals surface area contributed by atoms with Crippen LogP contribution in [0.1, 0.15) is 11.1 Å². The fraction of sp³-hybridized carbons (Fsp3) is 0.0909. The first-order valence-corrected chi connectivity index (χ1v) is 5.17. The van der Waals surface area contributed by atoms with Gasteiger partial charge in [-0.05, 0) is 24.6 Å². The van der Waals surface area contributed by atoms with E-state index in [1.807, 2.05) is 0 Å². The Hall–Kier alpha value is -1.70. The fourth-order valence-corrected chi connectivity index (χ4v) is 1.64.